The molecule has 1 aliphatic rings. The molecule has 0 N–H and O–H groups in total. The molecule has 4 heteroatoms. The van der Waals surface area contributed by atoms with Crippen molar-refractivity contribution in [3.8, 4) is 0 Å². The highest BCUT2D eigenvalue weighted by Crippen LogP contribution is 2.01. The first-order chi connectivity index (χ1) is 10.7. The van der Waals surface area contributed by atoms with Crippen LogP contribution in [0.3, 0.4) is 0 Å². The zero-order valence-electron chi connectivity index (χ0n) is 15.4. The minimum absolute atomic E-state index is 1.13. The van der Waals surface area contributed by atoms with Gasteiger partial charge in [-0.1, -0.05) is 19.9 Å². The van der Waals surface area contributed by atoms with E-state index in [1.54, 1.807) is 0 Å². The van der Waals surface area contributed by atoms with Crippen molar-refractivity contribution in [3.05, 3.63) is 12.3 Å². The Labute approximate surface area is 138 Å². The lowest BCUT2D eigenvalue weighted by atomic mass is 10.3. The zero-order valence-corrected chi connectivity index (χ0v) is 15.4. The Morgan fingerprint density at radius 3 is 1.73 bits per heavy atom. The Balaban J connectivity index is 2.64. The first-order valence-electron chi connectivity index (χ1n) is 9.19. The summed E-state index contributed by atoms with van der Waals surface area (Å²) in [4.78, 5) is 10.2. The molecule has 0 aromatic heterocycles. The maximum Gasteiger partial charge on any atom is 0.0300 e. The van der Waals surface area contributed by atoms with Crippen LogP contribution in [0, 0.1) is 0 Å². The molecule has 1 aliphatic heterocycles. The van der Waals surface area contributed by atoms with Gasteiger partial charge in [0.2, 0.25) is 0 Å². The molecule has 0 atom stereocenters. The van der Waals surface area contributed by atoms with Gasteiger partial charge in [0.1, 0.15) is 0 Å². The number of rotatable bonds is 5. The second-order valence-electron chi connectivity index (χ2n) is 6.50. The predicted octanol–water partition coefficient (Wildman–Crippen LogP) is 2.19. The molecular weight excluding hydrogens is 272 g/mol. The number of nitrogens with zero attached hydrogens (tertiary/aromatic N) is 4. The van der Waals surface area contributed by atoms with Gasteiger partial charge < -0.3 is 19.6 Å². The first-order valence-corrected chi connectivity index (χ1v) is 9.19. The summed E-state index contributed by atoms with van der Waals surface area (Å²) < 4.78 is 0. The summed E-state index contributed by atoms with van der Waals surface area (Å²) in [5.41, 5.74) is 0. The van der Waals surface area contributed by atoms with Crippen molar-refractivity contribution < 1.29 is 0 Å². The molecule has 1 heterocycles. The van der Waals surface area contributed by atoms with E-state index < -0.39 is 0 Å². The van der Waals surface area contributed by atoms with Crippen LogP contribution >= 0.6 is 0 Å². The maximum absolute atomic E-state index is 2.64. The summed E-state index contributed by atoms with van der Waals surface area (Å²) >= 11 is 0. The minimum atomic E-state index is 1.13. The van der Waals surface area contributed by atoms with E-state index in [-0.39, 0.29) is 0 Å². The van der Waals surface area contributed by atoms with Crippen LogP contribution in [0.4, 0.5) is 0 Å². The summed E-state index contributed by atoms with van der Waals surface area (Å²) in [6.07, 6.45) is 6.93. The van der Waals surface area contributed by atoms with Crippen molar-refractivity contribution in [1.29, 1.82) is 0 Å². The molecule has 0 saturated carbocycles. The van der Waals surface area contributed by atoms with Crippen LogP contribution in [0.25, 0.3) is 0 Å². The molecule has 4 nitrogen and oxygen atoms in total. The van der Waals surface area contributed by atoms with E-state index in [0.29, 0.717) is 0 Å². The Bertz CT molecular complexity index is 293. The Hall–Kier alpha value is -0.580. The predicted molar refractivity (Wildman–Crippen MR) is 97.3 cm³/mol. The molecule has 1 saturated heterocycles. The SMILES string of the molecule is C/C=C\N1CCN(C)CCN(CCC)CCN(CCC)CC1. The molecule has 0 aromatic carbocycles. The topological polar surface area (TPSA) is 13.0 Å². The smallest absolute Gasteiger partial charge is 0.0300 e. The molecule has 1 rings (SSSR count). The van der Waals surface area contributed by atoms with E-state index in [0.717, 1.165) is 19.6 Å². The third-order valence-corrected chi connectivity index (χ3v) is 4.44. The van der Waals surface area contributed by atoms with Crippen LogP contribution in [0.15, 0.2) is 12.3 Å². The quantitative estimate of drug-likeness (QED) is 0.772. The molecule has 0 aromatic rings. The largest absolute Gasteiger partial charge is 0.375 e. The van der Waals surface area contributed by atoms with Crippen molar-refractivity contribution >= 4 is 0 Å². The number of likely N-dealkylation sites (N-methyl/N-ethyl adjacent to an activating group) is 1. The lowest BCUT2D eigenvalue weighted by Crippen LogP contribution is -2.44. The van der Waals surface area contributed by atoms with Crippen molar-refractivity contribution in [2.45, 2.75) is 33.6 Å². The minimum Gasteiger partial charge on any atom is -0.375 e. The summed E-state index contributed by atoms with van der Waals surface area (Å²) in [6, 6.07) is 0. The van der Waals surface area contributed by atoms with Gasteiger partial charge in [-0.05, 0) is 46.1 Å². The fourth-order valence-corrected chi connectivity index (χ4v) is 3.05. The average Bonchev–Trinajstić information content (AvgIpc) is 2.51. The van der Waals surface area contributed by atoms with Gasteiger partial charge in [-0.3, -0.25) is 0 Å². The van der Waals surface area contributed by atoms with Crippen molar-refractivity contribution in [3.63, 3.8) is 0 Å². The van der Waals surface area contributed by atoms with E-state index >= 15 is 0 Å². The summed E-state index contributed by atoms with van der Waals surface area (Å²) in [7, 11) is 2.26. The van der Waals surface area contributed by atoms with Crippen LogP contribution in [0.2, 0.25) is 0 Å². The van der Waals surface area contributed by atoms with E-state index in [1.165, 1.54) is 58.7 Å². The third-order valence-electron chi connectivity index (χ3n) is 4.44. The van der Waals surface area contributed by atoms with E-state index in [1.807, 2.05) is 0 Å². The van der Waals surface area contributed by atoms with Gasteiger partial charge in [0.05, 0.1) is 0 Å². The second-order valence-corrected chi connectivity index (χ2v) is 6.50. The zero-order chi connectivity index (χ0) is 16.2. The van der Waals surface area contributed by atoms with Gasteiger partial charge in [0.25, 0.3) is 0 Å². The van der Waals surface area contributed by atoms with Gasteiger partial charge in [0, 0.05) is 52.4 Å². The molecule has 0 spiro atoms. The molecule has 130 valence electrons. The van der Waals surface area contributed by atoms with Crippen LogP contribution in [-0.2, 0) is 0 Å². The normalized spacial score (nSPS) is 21.9. The Morgan fingerprint density at radius 2 is 1.18 bits per heavy atom. The number of hydrogen-bond acceptors (Lipinski definition) is 4. The highest BCUT2D eigenvalue weighted by molar-refractivity contribution is 4.81. The molecular formula is C18H38N4. The van der Waals surface area contributed by atoms with Crippen molar-refractivity contribution in [1.82, 2.24) is 19.6 Å². The van der Waals surface area contributed by atoms with E-state index in [9.17, 15) is 0 Å². The fraction of sp³-hybridized carbons (Fsp3) is 0.889. The van der Waals surface area contributed by atoms with E-state index in [4.69, 9.17) is 0 Å². The Morgan fingerprint density at radius 1 is 0.727 bits per heavy atom. The maximum atomic E-state index is 2.64. The van der Waals surface area contributed by atoms with Gasteiger partial charge >= 0.3 is 0 Å². The van der Waals surface area contributed by atoms with Crippen molar-refractivity contribution in [2.75, 3.05) is 72.5 Å². The lowest BCUT2D eigenvalue weighted by molar-refractivity contribution is 0.158. The molecule has 1 fully saturated rings. The molecule has 22 heavy (non-hydrogen) atoms. The summed E-state index contributed by atoms with van der Waals surface area (Å²) in [5.74, 6) is 0. The van der Waals surface area contributed by atoms with Gasteiger partial charge in [-0.15, -0.1) is 0 Å². The van der Waals surface area contributed by atoms with Crippen LogP contribution < -0.4 is 0 Å². The molecule has 0 aliphatic carbocycles. The van der Waals surface area contributed by atoms with Crippen LogP contribution in [0.5, 0.6) is 0 Å². The molecule has 0 unspecified atom stereocenters. The fourth-order valence-electron chi connectivity index (χ4n) is 3.05. The molecule has 0 radical (unpaired) electrons. The second kappa shape index (κ2) is 11.9. The highest BCUT2D eigenvalue weighted by atomic mass is 15.2. The summed E-state index contributed by atoms with van der Waals surface area (Å²) in [6.45, 7) is 18.6. The number of hydrogen-bond donors (Lipinski definition) is 0. The van der Waals surface area contributed by atoms with E-state index in [2.05, 4.69) is 59.7 Å². The van der Waals surface area contributed by atoms with Crippen molar-refractivity contribution in [2.24, 2.45) is 0 Å². The van der Waals surface area contributed by atoms with Crippen LogP contribution in [0.1, 0.15) is 33.6 Å². The monoisotopic (exact) mass is 310 g/mol. The average molecular weight is 311 g/mol. The standard InChI is InChI=1S/C18H38N4/c1-5-8-20-13-11-19(4)12-14-21(9-6-2)16-18-22(10-7-3)17-15-20/h5,8H,6-7,9-18H2,1-4H3/b8-5-. The van der Waals surface area contributed by atoms with Gasteiger partial charge in [-0.25, -0.2) is 0 Å². The third kappa shape index (κ3) is 8.16. The van der Waals surface area contributed by atoms with Crippen LogP contribution in [-0.4, -0.2) is 92.1 Å². The number of allylic oxidation sites excluding steroid dienone is 1. The Kier molecular flexibility index (Phi) is 10.5. The molecule has 0 bridgehead atoms. The summed E-state index contributed by atoms with van der Waals surface area (Å²) in [5, 5.41) is 0. The lowest BCUT2D eigenvalue weighted by Gasteiger charge is -2.32. The van der Waals surface area contributed by atoms with Gasteiger partial charge in [0.15, 0.2) is 0 Å². The van der Waals surface area contributed by atoms with Gasteiger partial charge in [-0.2, -0.15) is 0 Å². The highest BCUT2D eigenvalue weighted by Gasteiger charge is 2.12. The molecule has 0 amide bonds. The first kappa shape index (κ1) is 19.5.